The fourth-order valence-corrected chi connectivity index (χ4v) is 2.04. The molecule has 0 spiro atoms. The Balaban J connectivity index is 2.28. The van der Waals surface area contributed by atoms with Crippen LogP contribution in [0.15, 0.2) is 0 Å². The third kappa shape index (κ3) is 4.00. The van der Waals surface area contributed by atoms with Crippen LogP contribution in [-0.4, -0.2) is 41.7 Å². The summed E-state index contributed by atoms with van der Waals surface area (Å²) in [6, 6.07) is 0. The maximum atomic E-state index is 11.6. The normalized spacial score (nSPS) is 19.3. The molecule has 5 heteroatoms. The Labute approximate surface area is 101 Å². The molecule has 0 bridgehead atoms. The molecule has 1 rings (SSSR count). The summed E-state index contributed by atoms with van der Waals surface area (Å²) in [7, 11) is 0. The SMILES string of the molecule is CC(=O)NCC1CCN(C(=O)C(C)Cl)CC1. The van der Waals surface area contributed by atoms with Crippen LogP contribution in [0.4, 0.5) is 0 Å². The molecule has 92 valence electrons. The Hall–Kier alpha value is -0.770. The molecule has 1 aliphatic rings. The standard InChI is InChI=1S/C11H19ClN2O2/c1-8(12)11(16)14-5-3-10(4-6-14)7-13-9(2)15/h8,10H,3-7H2,1-2H3,(H,13,15). The monoisotopic (exact) mass is 246 g/mol. The van der Waals surface area contributed by atoms with Crippen LogP contribution in [0.25, 0.3) is 0 Å². The highest BCUT2D eigenvalue weighted by atomic mass is 35.5. The molecule has 1 heterocycles. The van der Waals surface area contributed by atoms with Gasteiger partial charge in [0.1, 0.15) is 5.38 Å². The van der Waals surface area contributed by atoms with E-state index in [-0.39, 0.29) is 11.8 Å². The Morgan fingerprint density at radius 3 is 2.44 bits per heavy atom. The number of hydrogen-bond donors (Lipinski definition) is 1. The van der Waals surface area contributed by atoms with Gasteiger partial charge in [0.15, 0.2) is 0 Å². The zero-order chi connectivity index (χ0) is 12.1. The Kier molecular flexibility index (Phi) is 5.06. The lowest BCUT2D eigenvalue weighted by molar-refractivity contribution is -0.132. The second kappa shape index (κ2) is 6.09. The molecule has 0 radical (unpaired) electrons. The van der Waals surface area contributed by atoms with Crippen LogP contribution >= 0.6 is 11.6 Å². The lowest BCUT2D eigenvalue weighted by Gasteiger charge is -2.32. The third-order valence-electron chi connectivity index (χ3n) is 2.91. The number of hydrogen-bond acceptors (Lipinski definition) is 2. The van der Waals surface area contributed by atoms with Crippen LogP contribution in [0.2, 0.25) is 0 Å². The smallest absolute Gasteiger partial charge is 0.240 e. The second-order valence-corrected chi connectivity index (χ2v) is 4.98. The summed E-state index contributed by atoms with van der Waals surface area (Å²) in [6.07, 6.45) is 1.88. The molecule has 0 aromatic carbocycles. The van der Waals surface area contributed by atoms with E-state index >= 15 is 0 Å². The molecule has 1 N–H and O–H groups in total. The number of carbonyl (C=O) groups is 2. The van der Waals surface area contributed by atoms with Crippen molar-refractivity contribution >= 4 is 23.4 Å². The average Bonchev–Trinajstić information content (AvgIpc) is 2.26. The lowest BCUT2D eigenvalue weighted by Crippen LogP contribution is -2.43. The van der Waals surface area contributed by atoms with E-state index in [1.807, 2.05) is 4.90 Å². The fourth-order valence-electron chi connectivity index (χ4n) is 1.90. The molecule has 0 aromatic heterocycles. The Morgan fingerprint density at radius 2 is 2.00 bits per heavy atom. The first kappa shape index (κ1) is 13.3. The number of rotatable bonds is 3. The minimum atomic E-state index is -0.438. The van der Waals surface area contributed by atoms with Crippen LogP contribution in [0.1, 0.15) is 26.7 Å². The first-order valence-corrected chi connectivity index (χ1v) is 6.11. The van der Waals surface area contributed by atoms with E-state index in [4.69, 9.17) is 11.6 Å². The number of halogens is 1. The van der Waals surface area contributed by atoms with E-state index in [1.54, 1.807) is 6.92 Å². The summed E-state index contributed by atoms with van der Waals surface area (Å²) in [5, 5.41) is 2.38. The minimum absolute atomic E-state index is 0.00730. The molecular formula is C11H19ClN2O2. The summed E-state index contributed by atoms with van der Waals surface area (Å²) in [4.78, 5) is 24.2. The van der Waals surface area contributed by atoms with Gasteiger partial charge in [-0.05, 0) is 25.7 Å². The van der Waals surface area contributed by atoms with Crippen LogP contribution in [0.5, 0.6) is 0 Å². The van der Waals surface area contributed by atoms with E-state index in [0.29, 0.717) is 12.5 Å². The van der Waals surface area contributed by atoms with Crippen molar-refractivity contribution in [2.24, 2.45) is 5.92 Å². The van der Waals surface area contributed by atoms with Crippen molar-refractivity contribution in [3.8, 4) is 0 Å². The topological polar surface area (TPSA) is 49.4 Å². The Morgan fingerprint density at radius 1 is 1.44 bits per heavy atom. The minimum Gasteiger partial charge on any atom is -0.356 e. The summed E-state index contributed by atoms with van der Waals surface area (Å²) >= 11 is 5.75. The zero-order valence-electron chi connectivity index (χ0n) is 9.83. The van der Waals surface area contributed by atoms with Crippen LogP contribution < -0.4 is 5.32 Å². The predicted molar refractivity (Wildman–Crippen MR) is 63.3 cm³/mol. The maximum absolute atomic E-state index is 11.6. The highest BCUT2D eigenvalue weighted by Crippen LogP contribution is 2.17. The Bertz CT molecular complexity index is 261. The molecule has 2 amide bonds. The average molecular weight is 247 g/mol. The summed E-state index contributed by atoms with van der Waals surface area (Å²) in [6.45, 7) is 5.44. The number of nitrogens with zero attached hydrogens (tertiary/aromatic N) is 1. The van der Waals surface area contributed by atoms with Gasteiger partial charge in [0, 0.05) is 26.6 Å². The van der Waals surface area contributed by atoms with E-state index in [9.17, 15) is 9.59 Å². The summed E-state index contributed by atoms with van der Waals surface area (Å²) < 4.78 is 0. The van der Waals surface area contributed by atoms with Crippen molar-refractivity contribution in [2.75, 3.05) is 19.6 Å². The molecule has 0 saturated carbocycles. The number of carbonyl (C=O) groups excluding carboxylic acids is 2. The van der Waals surface area contributed by atoms with Crippen molar-refractivity contribution in [1.82, 2.24) is 10.2 Å². The van der Waals surface area contributed by atoms with Crippen LogP contribution in [-0.2, 0) is 9.59 Å². The fraction of sp³-hybridized carbons (Fsp3) is 0.818. The quantitative estimate of drug-likeness (QED) is 0.755. The molecule has 1 aliphatic heterocycles. The third-order valence-corrected chi connectivity index (χ3v) is 3.09. The first-order valence-electron chi connectivity index (χ1n) is 5.68. The molecule has 0 aromatic rings. The van der Waals surface area contributed by atoms with E-state index in [0.717, 1.165) is 25.9 Å². The van der Waals surface area contributed by atoms with Gasteiger partial charge in [0.05, 0.1) is 0 Å². The largest absolute Gasteiger partial charge is 0.356 e. The molecule has 16 heavy (non-hydrogen) atoms. The van der Waals surface area contributed by atoms with Crippen molar-refractivity contribution in [3.63, 3.8) is 0 Å². The van der Waals surface area contributed by atoms with Gasteiger partial charge in [-0.15, -0.1) is 11.6 Å². The van der Waals surface area contributed by atoms with E-state index < -0.39 is 5.38 Å². The van der Waals surface area contributed by atoms with Crippen LogP contribution in [0, 0.1) is 5.92 Å². The summed E-state index contributed by atoms with van der Waals surface area (Å²) in [5.74, 6) is 0.506. The highest BCUT2D eigenvalue weighted by molar-refractivity contribution is 6.30. The molecule has 0 aliphatic carbocycles. The van der Waals surface area contributed by atoms with Gasteiger partial charge < -0.3 is 10.2 Å². The molecule has 1 saturated heterocycles. The molecular weight excluding hydrogens is 228 g/mol. The van der Waals surface area contributed by atoms with E-state index in [1.165, 1.54) is 6.92 Å². The molecule has 1 atom stereocenters. The van der Waals surface area contributed by atoms with Gasteiger partial charge in [0.25, 0.3) is 0 Å². The van der Waals surface area contributed by atoms with Crippen molar-refractivity contribution in [3.05, 3.63) is 0 Å². The summed E-state index contributed by atoms with van der Waals surface area (Å²) in [5.41, 5.74) is 0. The van der Waals surface area contributed by atoms with Gasteiger partial charge in [-0.3, -0.25) is 9.59 Å². The van der Waals surface area contributed by atoms with E-state index in [2.05, 4.69) is 5.32 Å². The zero-order valence-corrected chi connectivity index (χ0v) is 10.6. The number of amides is 2. The first-order chi connectivity index (χ1) is 7.50. The maximum Gasteiger partial charge on any atom is 0.240 e. The molecule has 1 fully saturated rings. The number of piperidine rings is 1. The number of alkyl halides is 1. The van der Waals surface area contributed by atoms with Gasteiger partial charge in [-0.2, -0.15) is 0 Å². The van der Waals surface area contributed by atoms with Gasteiger partial charge in [-0.1, -0.05) is 0 Å². The van der Waals surface area contributed by atoms with Gasteiger partial charge in [-0.25, -0.2) is 0 Å². The van der Waals surface area contributed by atoms with Gasteiger partial charge in [0.2, 0.25) is 11.8 Å². The van der Waals surface area contributed by atoms with Gasteiger partial charge >= 0.3 is 0 Å². The van der Waals surface area contributed by atoms with Crippen LogP contribution in [0.3, 0.4) is 0 Å². The lowest BCUT2D eigenvalue weighted by atomic mass is 9.96. The molecule has 4 nitrogen and oxygen atoms in total. The number of nitrogens with one attached hydrogen (secondary N) is 1. The highest BCUT2D eigenvalue weighted by Gasteiger charge is 2.24. The van der Waals surface area contributed by atoms with Crippen molar-refractivity contribution in [2.45, 2.75) is 32.1 Å². The van der Waals surface area contributed by atoms with Crippen molar-refractivity contribution in [1.29, 1.82) is 0 Å². The second-order valence-electron chi connectivity index (χ2n) is 4.32. The molecule has 1 unspecified atom stereocenters. The number of likely N-dealkylation sites (tertiary alicyclic amines) is 1. The van der Waals surface area contributed by atoms with Crippen molar-refractivity contribution < 1.29 is 9.59 Å². The predicted octanol–water partition coefficient (Wildman–Crippen LogP) is 0.988.